The number of aromatic nitrogens is 5. The van der Waals surface area contributed by atoms with E-state index in [-0.39, 0.29) is 12.1 Å². The summed E-state index contributed by atoms with van der Waals surface area (Å²) in [5, 5.41) is 11.2. The Kier molecular flexibility index (Phi) is 4.18. The van der Waals surface area contributed by atoms with Gasteiger partial charge in [0.1, 0.15) is 17.9 Å². The number of alkyl halides is 3. The van der Waals surface area contributed by atoms with Gasteiger partial charge in [-0.3, -0.25) is 10.4 Å². The van der Waals surface area contributed by atoms with E-state index in [1.54, 1.807) is 19.1 Å². The number of aryl methyl sites for hydroxylation is 1. The number of nitrogens with two attached hydrogens (primary N) is 1. The predicted octanol–water partition coefficient (Wildman–Crippen LogP) is 2.60. The summed E-state index contributed by atoms with van der Waals surface area (Å²) in [6.45, 7) is 5.09. The van der Waals surface area contributed by atoms with Gasteiger partial charge in [0, 0.05) is 28.9 Å². The first-order valence-corrected chi connectivity index (χ1v) is 7.44. The first-order valence-electron chi connectivity index (χ1n) is 7.44. The summed E-state index contributed by atoms with van der Waals surface area (Å²) in [4.78, 5) is 12.4. The average Bonchev–Trinajstić information content (AvgIpc) is 3.05. The number of fused-ring (bicyclic) bond motifs is 1. The summed E-state index contributed by atoms with van der Waals surface area (Å²) in [6, 6.07) is 4.58. The van der Waals surface area contributed by atoms with Gasteiger partial charge < -0.3 is 5.73 Å². The van der Waals surface area contributed by atoms with Crippen LogP contribution >= 0.6 is 0 Å². The van der Waals surface area contributed by atoms with Gasteiger partial charge in [0.05, 0.1) is 5.69 Å². The lowest BCUT2D eigenvalue weighted by Gasteiger charge is -2.13. The Hall–Kier alpha value is -3.30. The van der Waals surface area contributed by atoms with Crippen molar-refractivity contribution < 1.29 is 13.2 Å². The van der Waals surface area contributed by atoms with Crippen LogP contribution in [-0.4, -0.2) is 36.5 Å². The maximum Gasteiger partial charge on any atom is 0.433 e. The number of nitrogens with one attached hydrogen (secondary N) is 1. The van der Waals surface area contributed by atoms with Crippen LogP contribution in [0, 0.1) is 12.3 Å². The summed E-state index contributed by atoms with van der Waals surface area (Å²) in [5.41, 5.74) is 5.81. The number of hydrogen-bond donors (Lipinski definition) is 2. The van der Waals surface area contributed by atoms with Crippen molar-refractivity contribution in [2.24, 2.45) is 0 Å². The Bertz CT molecular complexity index is 1020. The summed E-state index contributed by atoms with van der Waals surface area (Å²) in [5.74, 6) is 0.691. The number of rotatable bonds is 4. The van der Waals surface area contributed by atoms with Crippen LogP contribution in [0.4, 0.5) is 19.0 Å². The Morgan fingerprint density at radius 2 is 2.04 bits per heavy atom. The minimum atomic E-state index is -4.78. The van der Waals surface area contributed by atoms with Gasteiger partial charge in [0.25, 0.3) is 5.78 Å². The highest BCUT2D eigenvalue weighted by Gasteiger charge is 2.36. The van der Waals surface area contributed by atoms with Crippen molar-refractivity contribution in [1.82, 2.24) is 24.6 Å². The molecule has 0 fully saturated rings. The van der Waals surface area contributed by atoms with Crippen LogP contribution in [0.25, 0.3) is 11.4 Å². The third kappa shape index (κ3) is 3.13. The van der Waals surface area contributed by atoms with Crippen LogP contribution in [0.3, 0.4) is 0 Å². The predicted molar refractivity (Wildman–Crippen MR) is 89.8 cm³/mol. The molecule has 10 heteroatoms. The minimum Gasteiger partial charge on any atom is -0.383 e. The molecule has 0 atom stereocenters. The first kappa shape index (κ1) is 17.5. The average molecular weight is 361 g/mol. The van der Waals surface area contributed by atoms with E-state index < -0.39 is 17.5 Å². The second-order valence-corrected chi connectivity index (χ2v) is 5.58. The van der Waals surface area contributed by atoms with Crippen molar-refractivity contribution in [2.75, 3.05) is 5.73 Å². The zero-order chi connectivity index (χ0) is 19.1. The molecule has 0 aromatic carbocycles. The van der Waals surface area contributed by atoms with Crippen LogP contribution in [0.1, 0.15) is 22.6 Å². The van der Waals surface area contributed by atoms with E-state index >= 15 is 0 Å². The van der Waals surface area contributed by atoms with Crippen molar-refractivity contribution in [1.29, 1.82) is 5.41 Å². The van der Waals surface area contributed by atoms with Crippen molar-refractivity contribution in [3.8, 4) is 0 Å². The highest BCUT2D eigenvalue weighted by Crippen LogP contribution is 2.26. The smallest absolute Gasteiger partial charge is 0.383 e. The maximum absolute atomic E-state index is 12.7. The molecule has 0 aliphatic heterocycles. The third-order valence-corrected chi connectivity index (χ3v) is 3.83. The molecule has 3 rings (SSSR count). The number of hydrogen-bond acceptors (Lipinski definition) is 6. The van der Waals surface area contributed by atoms with Gasteiger partial charge in [-0.05, 0) is 19.1 Å². The van der Waals surface area contributed by atoms with E-state index in [0.717, 1.165) is 0 Å². The molecule has 3 aromatic heterocycles. The molecule has 134 valence electrons. The van der Waals surface area contributed by atoms with Crippen molar-refractivity contribution >= 4 is 22.9 Å². The fraction of sp³-hybridized carbons (Fsp3) is 0.188. The third-order valence-electron chi connectivity index (χ3n) is 3.83. The lowest BCUT2D eigenvalue weighted by Crippen LogP contribution is -2.23. The van der Waals surface area contributed by atoms with E-state index in [1.165, 1.54) is 16.9 Å². The van der Waals surface area contributed by atoms with E-state index in [1.807, 2.05) is 0 Å². The van der Waals surface area contributed by atoms with Crippen LogP contribution in [0.5, 0.6) is 0 Å². The number of nitrogen functional groups attached to an aromatic ring is 1. The van der Waals surface area contributed by atoms with E-state index in [2.05, 4.69) is 26.6 Å². The highest BCUT2D eigenvalue weighted by atomic mass is 19.4. The fourth-order valence-corrected chi connectivity index (χ4v) is 2.46. The molecule has 7 nitrogen and oxygen atoms in total. The molecule has 0 saturated carbocycles. The topological polar surface area (TPSA) is 106 Å². The number of allylic oxidation sites excluding steroid dienone is 1. The van der Waals surface area contributed by atoms with Crippen LogP contribution in [0.15, 0.2) is 31.1 Å². The SMILES string of the molecule is C=C(C(=N)C(F)(F)F)c1cccc(Cc2c(C)nc3ncnn3c2N)n1. The minimum absolute atomic E-state index is 0.0177. The van der Waals surface area contributed by atoms with E-state index in [4.69, 9.17) is 11.1 Å². The first-order chi connectivity index (χ1) is 12.2. The highest BCUT2D eigenvalue weighted by molar-refractivity contribution is 6.23. The monoisotopic (exact) mass is 361 g/mol. The van der Waals surface area contributed by atoms with Gasteiger partial charge in [0.15, 0.2) is 0 Å². The molecule has 3 heterocycles. The van der Waals surface area contributed by atoms with Crippen LogP contribution in [-0.2, 0) is 6.42 Å². The van der Waals surface area contributed by atoms with Gasteiger partial charge in [-0.2, -0.15) is 27.8 Å². The zero-order valence-corrected chi connectivity index (χ0v) is 13.7. The second-order valence-electron chi connectivity index (χ2n) is 5.58. The Labute approximate surface area is 145 Å². The van der Waals surface area contributed by atoms with Crippen LogP contribution < -0.4 is 5.73 Å². The lowest BCUT2D eigenvalue weighted by molar-refractivity contribution is -0.0578. The Morgan fingerprint density at radius 3 is 2.73 bits per heavy atom. The molecule has 0 bridgehead atoms. The lowest BCUT2D eigenvalue weighted by atomic mass is 10.1. The molecular formula is C16H14F3N7. The molecular weight excluding hydrogens is 347 g/mol. The molecule has 0 saturated heterocycles. The summed E-state index contributed by atoms with van der Waals surface area (Å²) in [6.07, 6.45) is -3.22. The Balaban J connectivity index is 1.95. The Morgan fingerprint density at radius 1 is 1.31 bits per heavy atom. The summed E-state index contributed by atoms with van der Waals surface area (Å²) < 4.78 is 39.5. The molecule has 26 heavy (non-hydrogen) atoms. The number of pyridine rings is 1. The molecule has 0 amide bonds. The molecule has 0 aliphatic rings. The maximum atomic E-state index is 12.7. The van der Waals surface area contributed by atoms with Crippen molar-refractivity contribution in [3.63, 3.8) is 0 Å². The second kappa shape index (κ2) is 6.21. The largest absolute Gasteiger partial charge is 0.433 e. The molecule has 3 aromatic rings. The molecule has 0 radical (unpaired) electrons. The van der Waals surface area contributed by atoms with Gasteiger partial charge in [-0.1, -0.05) is 12.6 Å². The van der Waals surface area contributed by atoms with Crippen molar-refractivity contribution in [3.05, 3.63) is 53.8 Å². The molecule has 0 unspecified atom stereocenters. The van der Waals surface area contributed by atoms with E-state index in [9.17, 15) is 13.2 Å². The molecule has 0 aliphatic carbocycles. The van der Waals surface area contributed by atoms with Gasteiger partial charge >= 0.3 is 6.18 Å². The normalized spacial score (nSPS) is 11.7. The van der Waals surface area contributed by atoms with Crippen LogP contribution in [0.2, 0.25) is 0 Å². The summed E-state index contributed by atoms with van der Waals surface area (Å²) in [7, 11) is 0. The number of halogens is 3. The summed E-state index contributed by atoms with van der Waals surface area (Å²) >= 11 is 0. The standard InChI is InChI=1S/C16H14F3N7/c1-8(13(20)16(17,18)19)12-5-3-4-10(25-12)6-11-9(2)24-15-22-7-23-26(15)14(11)21/h3-5,7,20H,1,6,21H2,2H3. The zero-order valence-electron chi connectivity index (χ0n) is 13.7. The number of anilines is 1. The van der Waals surface area contributed by atoms with Gasteiger partial charge in [0.2, 0.25) is 0 Å². The molecule has 3 N–H and O–H groups in total. The fourth-order valence-electron chi connectivity index (χ4n) is 2.46. The van der Waals surface area contributed by atoms with Gasteiger partial charge in [-0.15, -0.1) is 0 Å². The molecule has 0 spiro atoms. The van der Waals surface area contributed by atoms with Crippen molar-refractivity contribution in [2.45, 2.75) is 19.5 Å². The van der Waals surface area contributed by atoms with Gasteiger partial charge in [-0.25, -0.2) is 4.98 Å². The van der Waals surface area contributed by atoms with E-state index in [0.29, 0.717) is 28.5 Å². The quantitative estimate of drug-likeness (QED) is 0.695. The number of nitrogens with zero attached hydrogens (tertiary/aromatic N) is 5.